The van der Waals surface area contributed by atoms with E-state index < -0.39 is 0 Å². The highest BCUT2D eigenvalue weighted by atomic mass is 16.5. The summed E-state index contributed by atoms with van der Waals surface area (Å²) >= 11 is 0. The van der Waals surface area contributed by atoms with Crippen LogP contribution < -0.4 is 10.1 Å². The van der Waals surface area contributed by atoms with Gasteiger partial charge in [0.2, 0.25) is 5.91 Å². The summed E-state index contributed by atoms with van der Waals surface area (Å²) < 4.78 is 6.27. The lowest BCUT2D eigenvalue weighted by Gasteiger charge is -2.21. The van der Waals surface area contributed by atoms with Crippen molar-refractivity contribution in [1.29, 1.82) is 0 Å². The van der Waals surface area contributed by atoms with Gasteiger partial charge in [-0.25, -0.2) is 0 Å². The van der Waals surface area contributed by atoms with Gasteiger partial charge >= 0.3 is 0 Å². The molecule has 1 unspecified atom stereocenters. The van der Waals surface area contributed by atoms with Crippen molar-refractivity contribution in [2.24, 2.45) is 5.41 Å². The van der Waals surface area contributed by atoms with Crippen LogP contribution in [0.15, 0.2) is 48.5 Å². The van der Waals surface area contributed by atoms with E-state index in [1.165, 1.54) is 16.7 Å². The van der Waals surface area contributed by atoms with E-state index in [9.17, 15) is 4.79 Å². The molecule has 1 aliphatic rings. The fourth-order valence-corrected chi connectivity index (χ4v) is 4.58. The Balaban J connectivity index is 1.81. The van der Waals surface area contributed by atoms with Gasteiger partial charge < -0.3 is 10.1 Å². The van der Waals surface area contributed by atoms with Crippen molar-refractivity contribution >= 4 is 22.4 Å². The molecule has 31 heavy (non-hydrogen) atoms. The van der Waals surface area contributed by atoms with E-state index in [1.54, 1.807) is 0 Å². The molecular weight excluding hydrogens is 382 g/mol. The fourth-order valence-electron chi connectivity index (χ4n) is 4.58. The van der Waals surface area contributed by atoms with Crippen LogP contribution in [0, 0.1) is 12.3 Å². The Labute approximate surface area is 185 Å². The third-order valence-electron chi connectivity index (χ3n) is 6.17. The van der Waals surface area contributed by atoms with E-state index in [0.29, 0.717) is 18.9 Å². The minimum Gasteiger partial charge on any atom is -0.492 e. The normalized spacial score (nSPS) is 15.8. The zero-order valence-electron chi connectivity index (χ0n) is 19.5. The van der Waals surface area contributed by atoms with Crippen molar-refractivity contribution in [3.8, 4) is 5.75 Å². The Hall–Kier alpha value is -2.81. The van der Waals surface area contributed by atoms with Crippen LogP contribution in [0.3, 0.4) is 0 Å². The summed E-state index contributed by atoms with van der Waals surface area (Å²) in [5, 5.41) is 5.35. The van der Waals surface area contributed by atoms with Gasteiger partial charge in [-0.05, 0) is 34.9 Å². The number of rotatable bonds is 4. The quantitative estimate of drug-likeness (QED) is 0.490. The first-order chi connectivity index (χ1) is 14.7. The first-order valence-electron chi connectivity index (χ1n) is 11.2. The zero-order chi connectivity index (χ0) is 22.3. The summed E-state index contributed by atoms with van der Waals surface area (Å²) in [6.07, 6.45) is 0.481. The van der Waals surface area contributed by atoms with Crippen LogP contribution in [0.2, 0.25) is 0 Å². The van der Waals surface area contributed by atoms with E-state index in [4.69, 9.17) is 4.74 Å². The average molecular weight is 416 g/mol. The lowest BCUT2D eigenvalue weighted by atomic mass is 9.86. The predicted molar refractivity (Wildman–Crippen MR) is 129 cm³/mol. The number of amides is 1. The van der Waals surface area contributed by atoms with Gasteiger partial charge in [-0.1, -0.05) is 83.1 Å². The first-order valence-corrected chi connectivity index (χ1v) is 11.2. The van der Waals surface area contributed by atoms with Gasteiger partial charge in [-0.2, -0.15) is 0 Å². The molecule has 1 amide bonds. The van der Waals surface area contributed by atoms with Gasteiger partial charge in [-0.3, -0.25) is 4.79 Å². The van der Waals surface area contributed by atoms with E-state index in [0.717, 1.165) is 27.8 Å². The number of fused-ring (bicyclic) bond motifs is 3. The van der Waals surface area contributed by atoms with Crippen molar-refractivity contribution < 1.29 is 9.53 Å². The topological polar surface area (TPSA) is 38.3 Å². The van der Waals surface area contributed by atoms with E-state index in [-0.39, 0.29) is 17.2 Å². The second-order valence-electron chi connectivity index (χ2n) is 10.3. The van der Waals surface area contributed by atoms with Gasteiger partial charge in [0.05, 0.1) is 12.3 Å². The van der Waals surface area contributed by atoms with E-state index in [1.807, 2.05) is 12.1 Å². The van der Waals surface area contributed by atoms with E-state index >= 15 is 0 Å². The number of hydrogen-bond acceptors (Lipinski definition) is 2. The van der Waals surface area contributed by atoms with Crippen LogP contribution in [0.4, 0.5) is 5.69 Å². The summed E-state index contributed by atoms with van der Waals surface area (Å²) in [5.41, 5.74) is 5.75. The number of benzene rings is 3. The second-order valence-corrected chi connectivity index (χ2v) is 10.3. The highest BCUT2D eigenvalue weighted by Gasteiger charge is 2.32. The first kappa shape index (κ1) is 21.4. The molecule has 3 nitrogen and oxygen atoms in total. The minimum absolute atomic E-state index is 0.0532. The summed E-state index contributed by atoms with van der Waals surface area (Å²) in [4.78, 5) is 12.8. The van der Waals surface area contributed by atoms with Crippen molar-refractivity contribution in [2.45, 2.75) is 59.8 Å². The number of carbonyl (C=O) groups excluding carboxylic acids is 1. The molecule has 1 aliphatic heterocycles. The molecule has 1 atom stereocenters. The fraction of sp³-hybridized carbons (Fsp3) is 0.393. The molecule has 0 aliphatic carbocycles. The summed E-state index contributed by atoms with van der Waals surface area (Å²) in [6.45, 7) is 13.4. The summed E-state index contributed by atoms with van der Waals surface area (Å²) in [7, 11) is 0. The van der Waals surface area contributed by atoms with Crippen LogP contribution in [0.1, 0.15) is 75.1 Å². The molecule has 0 spiro atoms. The van der Waals surface area contributed by atoms with Crippen molar-refractivity contribution in [3.63, 3.8) is 0 Å². The predicted octanol–water partition coefficient (Wildman–Crippen LogP) is 7.17. The van der Waals surface area contributed by atoms with Crippen LogP contribution in [-0.2, 0) is 4.79 Å². The molecule has 0 radical (unpaired) electrons. The number of hydrogen-bond donors (Lipinski definition) is 1. The van der Waals surface area contributed by atoms with Crippen molar-refractivity contribution in [3.05, 3.63) is 70.8 Å². The monoisotopic (exact) mass is 415 g/mol. The molecular formula is C28H33NO2. The second kappa shape index (κ2) is 8.03. The third kappa shape index (κ3) is 4.19. The maximum Gasteiger partial charge on any atom is 0.224 e. The smallest absolute Gasteiger partial charge is 0.224 e. The third-order valence-corrected chi connectivity index (χ3v) is 6.17. The van der Waals surface area contributed by atoms with Crippen LogP contribution >= 0.6 is 0 Å². The Morgan fingerprint density at radius 3 is 2.32 bits per heavy atom. The average Bonchev–Trinajstić information content (AvgIpc) is 3.15. The van der Waals surface area contributed by atoms with Gasteiger partial charge in [0, 0.05) is 28.7 Å². The number of anilines is 1. The highest BCUT2D eigenvalue weighted by Crippen LogP contribution is 2.48. The highest BCUT2D eigenvalue weighted by molar-refractivity contribution is 6.07. The molecule has 0 bridgehead atoms. The minimum atomic E-state index is -0.0612. The standard InChI is InChI=1S/C28H33NO2/c1-17(2)19-11-13-20(14-12-19)23-16-31-27-22-10-8-7-9-21(22)26(18(3)25(23)27)29-24(30)15-28(4,5)6/h7-14,17,23H,15-16H2,1-6H3,(H,29,30). The van der Waals surface area contributed by atoms with Crippen molar-refractivity contribution in [2.75, 3.05) is 11.9 Å². The van der Waals surface area contributed by atoms with Gasteiger partial charge in [-0.15, -0.1) is 0 Å². The molecule has 0 fully saturated rings. The molecule has 0 aromatic heterocycles. The summed E-state index contributed by atoms with van der Waals surface area (Å²) in [6, 6.07) is 17.1. The molecule has 1 N–H and O–H groups in total. The Bertz CT molecular complexity index is 1120. The Morgan fingerprint density at radius 2 is 1.71 bits per heavy atom. The zero-order valence-corrected chi connectivity index (χ0v) is 19.5. The number of carbonyl (C=O) groups is 1. The maximum atomic E-state index is 12.8. The molecule has 4 rings (SSSR count). The van der Waals surface area contributed by atoms with Gasteiger partial charge in [0.1, 0.15) is 5.75 Å². The Kier molecular flexibility index (Phi) is 5.55. The van der Waals surface area contributed by atoms with Crippen molar-refractivity contribution in [1.82, 2.24) is 0 Å². The van der Waals surface area contributed by atoms with Crippen LogP contribution in [0.5, 0.6) is 5.75 Å². The van der Waals surface area contributed by atoms with Crippen LogP contribution in [0.25, 0.3) is 10.8 Å². The SMILES string of the molecule is Cc1c2c(c3ccccc3c1NC(=O)CC(C)(C)C)OCC2c1ccc(C(C)C)cc1. The van der Waals surface area contributed by atoms with Crippen LogP contribution in [-0.4, -0.2) is 12.5 Å². The van der Waals surface area contributed by atoms with Gasteiger partial charge in [0.15, 0.2) is 0 Å². The number of ether oxygens (including phenoxy) is 1. The maximum absolute atomic E-state index is 12.8. The summed E-state index contributed by atoms with van der Waals surface area (Å²) in [5.74, 6) is 1.69. The molecule has 0 saturated carbocycles. The molecule has 1 heterocycles. The molecule has 162 valence electrons. The lowest BCUT2D eigenvalue weighted by Crippen LogP contribution is -2.20. The lowest BCUT2D eigenvalue weighted by molar-refractivity contribution is -0.117. The van der Waals surface area contributed by atoms with E-state index in [2.05, 4.69) is 83.3 Å². The molecule has 3 aromatic carbocycles. The molecule has 3 aromatic rings. The number of nitrogens with one attached hydrogen (secondary N) is 1. The molecule has 0 saturated heterocycles. The molecule has 3 heteroatoms. The van der Waals surface area contributed by atoms with Gasteiger partial charge in [0.25, 0.3) is 0 Å². The largest absolute Gasteiger partial charge is 0.492 e. The Morgan fingerprint density at radius 1 is 1.06 bits per heavy atom.